The van der Waals surface area contributed by atoms with Gasteiger partial charge in [0.25, 0.3) is 5.91 Å². The van der Waals surface area contributed by atoms with Crippen LogP contribution in [-0.2, 0) is 0 Å². The van der Waals surface area contributed by atoms with E-state index in [4.69, 9.17) is 4.98 Å². The van der Waals surface area contributed by atoms with E-state index < -0.39 is 0 Å². The van der Waals surface area contributed by atoms with Gasteiger partial charge in [-0.3, -0.25) is 9.89 Å². The van der Waals surface area contributed by atoms with Crippen LogP contribution >= 0.6 is 0 Å². The van der Waals surface area contributed by atoms with E-state index in [2.05, 4.69) is 32.4 Å². The predicted molar refractivity (Wildman–Crippen MR) is 146 cm³/mol. The Morgan fingerprint density at radius 1 is 1.05 bits per heavy atom. The molecule has 0 unspecified atom stereocenters. The van der Waals surface area contributed by atoms with E-state index >= 15 is 0 Å². The van der Waals surface area contributed by atoms with E-state index in [1.165, 1.54) is 6.42 Å². The van der Waals surface area contributed by atoms with Crippen molar-refractivity contribution in [3.05, 3.63) is 78.9 Å². The summed E-state index contributed by atoms with van der Waals surface area (Å²) in [6, 6.07) is 18.3. The van der Waals surface area contributed by atoms with E-state index in [0.717, 1.165) is 59.1 Å². The maximum Gasteiger partial charge on any atom is 0.270 e. The van der Waals surface area contributed by atoms with Crippen LogP contribution in [0.2, 0.25) is 0 Å². The Morgan fingerprint density at radius 2 is 1.92 bits per heavy atom. The summed E-state index contributed by atoms with van der Waals surface area (Å²) >= 11 is 0. The molecule has 0 aliphatic carbocycles. The Kier molecular flexibility index (Phi) is 6.14. The third-order valence-corrected chi connectivity index (χ3v) is 7.11. The van der Waals surface area contributed by atoms with Crippen molar-refractivity contribution < 1.29 is 4.79 Å². The molecule has 1 atom stereocenters. The summed E-state index contributed by atoms with van der Waals surface area (Å²) in [6.45, 7) is 2.99. The molecule has 186 valence electrons. The summed E-state index contributed by atoms with van der Waals surface area (Å²) in [5, 5.41) is 11.2. The number of rotatable bonds is 6. The van der Waals surface area contributed by atoms with Gasteiger partial charge in [-0.15, -0.1) is 0 Å². The van der Waals surface area contributed by atoms with Crippen LogP contribution in [0.25, 0.3) is 33.4 Å². The van der Waals surface area contributed by atoms with Crippen LogP contribution in [0.5, 0.6) is 0 Å². The zero-order valence-corrected chi connectivity index (χ0v) is 20.7. The van der Waals surface area contributed by atoms with Gasteiger partial charge >= 0.3 is 0 Å². The SMILES string of the molecule is CC[C@@H]1CCCCN1C(=O)c1cc2ccc(-c3nccc(Nc4ccc(-c5cn[nH]c5)cc4)n3)cc2[nH]1. The molecular weight excluding hydrogens is 462 g/mol. The summed E-state index contributed by atoms with van der Waals surface area (Å²) in [6.07, 6.45) is 9.77. The van der Waals surface area contributed by atoms with Crippen molar-refractivity contribution in [1.82, 2.24) is 30.0 Å². The minimum Gasteiger partial charge on any atom is -0.351 e. The summed E-state index contributed by atoms with van der Waals surface area (Å²) in [5.41, 5.74) is 5.50. The quantitative estimate of drug-likeness (QED) is 0.264. The van der Waals surface area contributed by atoms with Gasteiger partial charge in [0.05, 0.1) is 6.20 Å². The molecule has 3 aromatic heterocycles. The number of hydrogen-bond donors (Lipinski definition) is 3. The predicted octanol–water partition coefficient (Wildman–Crippen LogP) is 6.16. The van der Waals surface area contributed by atoms with Gasteiger partial charge in [-0.1, -0.05) is 31.2 Å². The molecule has 1 aliphatic heterocycles. The number of anilines is 2. The van der Waals surface area contributed by atoms with Gasteiger partial charge in [0.2, 0.25) is 0 Å². The minimum atomic E-state index is 0.0885. The van der Waals surface area contributed by atoms with Gasteiger partial charge in [-0.2, -0.15) is 5.10 Å². The molecule has 4 heterocycles. The number of carbonyl (C=O) groups is 1. The topological polar surface area (TPSA) is 103 Å². The van der Waals surface area contributed by atoms with Crippen LogP contribution in [0.4, 0.5) is 11.5 Å². The molecule has 1 fully saturated rings. The zero-order valence-electron chi connectivity index (χ0n) is 20.7. The highest BCUT2D eigenvalue weighted by Gasteiger charge is 2.27. The fourth-order valence-corrected chi connectivity index (χ4v) is 5.10. The third-order valence-electron chi connectivity index (χ3n) is 7.11. The number of likely N-dealkylation sites (tertiary alicyclic amines) is 1. The van der Waals surface area contributed by atoms with Crippen molar-refractivity contribution in [2.75, 3.05) is 11.9 Å². The number of benzene rings is 2. The average molecular weight is 492 g/mol. The Labute approximate surface area is 215 Å². The molecule has 1 aliphatic rings. The van der Waals surface area contributed by atoms with Gasteiger partial charge in [0.1, 0.15) is 11.5 Å². The standard InChI is InChI=1S/C29H29N7O/c1-2-24-5-3-4-14-36(24)29(37)26-15-20-6-7-21(16-25(20)34-26)28-30-13-12-27(35-28)33-23-10-8-19(9-11-23)22-17-31-32-18-22/h6-13,15-18,24,34H,2-5,14H2,1H3,(H,31,32)(H,30,33,35)/t24-/m1/s1. The number of H-pyrrole nitrogens is 2. The molecule has 2 aromatic carbocycles. The number of piperidine rings is 1. The molecule has 0 saturated carbocycles. The molecule has 8 nitrogen and oxygen atoms in total. The van der Waals surface area contributed by atoms with Crippen molar-refractivity contribution >= 4 is 28.3 Å². The Hall–Kier alpha value is -4.46. The first-order valence-electron chi connectivity index (χ1n) is 12.8. The molecule has 8 heteroatoms. The van der Waals surface area contributed by atoms with Crippen LogP contribution in [0.3, 0.4) is 0 Å². The van der Waals surface area contributed by atoms with Gasteiger partial charge < -0.3 is 15.2 Å². The zero-order chi connectivity index (χ0) is 25.2. The number of nitrogens with zero attached hydrogens (tertiary/aromatic N) is 4. The first kappa shape index (κ1) is 23.0. The Balaban J connectivity index is 1.21. The second kappa shape index (κ2) is 9.89. The molecule has 0 radical (unpaired) electrons. The lowest BCUT2D eigenvalue weighted by Crippen LogP contribution is -2.43. The summed E-state index contributed by atoms with van der Waals surface area (Å²) in [7, 11) is 0. The highest BCUT2D eigenvalue weighted by Crippen LogP contribution is 2.27. The smallest absolute Gasteiger partial charge is 0.270 e. The van der Waals surface area contributed by atoms with Gasteiger partial charge in [-0.25, -0.2) is 9.97 Å². The van der Waals surface area contributed by atoms with Crippen molar-refractivity contribution in [2.24, 2.45) is 0 Å². The highest BCUT2D eigenvalue weighted by atomic mass is 16.2. The molecule has 6 rings (SSSR count). The molecule has 1 saturated heterocycles. The van der Waals surface area contributed by atoms with E-state index in [9.17, 15) is 4.79 Å². The number of aromatic nitrogens is 5. The summed E-state index contributed by atoms with van der Waals surface area (Å²) in [4.78, 5) is 27.9. The van der Waals surface area contributed by atoms with Crippen LogP contribution in [0, 0.1) is 0 Å². The molecule has 37 heavy (non-hydrogen) atoms. The highest BCUT2D eigenvalue weighted by molar-refractivity contribution is 5.99. The lowest BCUT2D eigenvalue weighted by molar-refractivity contribution is 0.0603. The number of fused-ring (bicyclic) bond motifs is 1. The van der Waals surface area contributed by atoms with E-state index in [1.54, 1.807) is 12.4 Å². The summed E-state index contributed by atoms with van der Waals surface area (Å²) < 4.78 is 0. The van der Waals surface area contributed by atoms with Crippen LogP contribution in [-0.4, -0.2) is 48.5 Å². The number of nitrogens with one attached hydrogen (secondary N) is 3. The Morgan fingerprint density at radius 3 is 2.73 bits per heavy atom. The number of carbonyl (C=O) groups excluding carboxylic acids is 1. The van der Waals surface area contributed by atoms with Crippen molar-refractivity contribution in [3.63, 3.8) is 0 Å². The number of hydrogen-bond acceptors (Lipinski definition) is 5. The van der Waals surface area contributed by atoms with Crippen LogP contribution in [0.1, 0.15) is 43.1 Å². The fourth-order valence-electron chi connectivity index (χ4n) is 5.10. The molecular formula is C29H29N7O. The summed E-state index contributed by atoms with van der Waals surface area (Å²) in [5.74, 6) is 1.41. The van der Waals surface area contributed by atoms with Gasteiger partial charge in [-0.05, 0) is 61.6 Å². The monoisotopic (exact) mass is 491 g/mol. The lowest BCUT2D eigenvalue weighted by atomic mass is 9.99. The molecule has 0 spiro atoms. The normalized spacial score (nSPS) is 15.7. The lowest BCUT2D eigenvalue weighted by Gasteiger charge is -2.35. The first-order valence-corrected chi connectivity index (χ1v) is 12.8. The maximum atomic E-state index is 13.3. The number of amides is 1. The van der Waals surface area contributed by atoms with Crippen LogP contribution < -0.4 is 5.32 Å². The van der Waals surface area contributed by atoms with Crippen molar-refractivity contribution in [1.29, 1.82) is 0 Å². The van der Waals surface area contributed by atoms with E-state index in [0.29, 0.717) is 23.4 Å². The average Bonchev–Trinajstić information content (AvgIpc) is 3.63. The van der Waals surface area contributed by atoms with E-state index in [-0.39, 0.29) is 5.91 Å². The van der Waals surface area contributed by atoms with Gasteiger partial charge in [0, 0.05) is 52.7 Å². The molecule has 1 amide bonds. The fraction of sp³-hybridized carbons (Fsp3) is 0.241. The van der Waals surface area contributed by atoms with Gasteiger partial charge in [0.15, 0.2) is 5.82 Å². The first-order chi connectivity index (χ1) is 18.2. The van der Waals surface area contributed by atoms with E-state index in [1.807, 2.05) is 65.7 Å². The maximum absolute atomic E-state index is 13.3. The minimum absolute atomic E-state index is 0.0885. The second-order valence-corrected chi connectivity index (χ2v) is 9.50. The van der Waals surface area contributed by atoms with Crippen molar-refractivity contribution in [2.45, 2.75) is 38.6 Å². The second-order valence-electron chi connectivity index (χ2n) is 9.50. The van der Waals surface area contributed by atoms with Crippen LogP contribution in [0.15, 0.2) is 73.2 Å². The van der Waals surface area contributed by atoms with Crippen molar-refractivity contribution in [3.8, 4) is 22.5 Å². The molecule has 3 N–H and O–H groups in total. The Bertz CT molecular complexity index is 1520. The number of aromatic amines is 2. The largest absolute Gasteiger partial charge is 0.351 e. The third kappa shape index (κ3) is 4.70. The molecule has 0 bridgehead atoms. The molecule has 5 aromatic rings.